The van der Waals surface area contributed by atoms with E-state index in [2.05, 4.69) is 15.4 Å². The number of rotatable bonds is 4. The molecule has 144 valence electrons. The molecule has 4 aromatic rings. The van der Waals surface area contributed by atoms with Crippen LogP contribution in [0.3, 0.4) is 0 Å². The van der Waals surface area contributed by atoms with Crippen molar-refractivity contribution in [2.24, 2.45) is 0 Å². The van der Waals surface area contributed by atoms with Gasteiger partial charge in [-0.3, -0.25) is 14.6 Å². The highest BCUT2D eigenvalue weighted by Gasteiger charge is 2.18. The molecule has 2 heterocycles. The molecular weight excluding hydrogens is 371 g/mol. The van der Waals surface area contributed by atoms with E-state index < -0.39 is 11.6 Å². The minimum absolute atomic E-state index is 0.361. The van der Waals surface area contributed by atoms with Gasteiger partial charge < -0.3 is 5.32 Å². The maximum Gasteiger partial charge on any atom is 0.267 e. The molecule has 29 heavy (non-hydrogen) atoms. The second-order valence-corrected chi connectivity index (χ2v) is 6.58. The number of pyridine rings is 1. The molecule has 7 heteroatoms. The molecule has 0 saturated heterocycles. The largest absolute Gasteiger partial charge is 0.324 e. The summed E-state index contributed by atoms with van der Waals surface area (Å²) in [5.74, 6) is -0.737. The number of hydrogen-bond donors (Lipinski definition) is 1. The lowest BCUT2D eigenvalue weighted by Gasteiger charge is -2.15. The lowest BCUT2D eigenvalue weighted by atomic mass is 10.1. The Balaban J connectivity index is 1.60. The number of amides is 1. The third-order valence-corrected chi connectivity index (χ3v) is 4.58. The zero-order valence-electron chi connectivity index (χ0n) is 15.5. The molecule has 1 N–H and O–H groups in total. The fourth-order valence-corrected chi connectivity index (χ4v) is 2.99. The average Bonchev–Trinajstić information content (AvgIpc) is 2.74. The quantitative estimate of drug-likeness (QED) is 0.577. The molecule has 0 aliphatic heterocycles. The minimum atomic E-state index is -0.840. The Bertz CT molecular complexity index is 1250. The first-order valence-corrected chi connectivity index (χ1v) is 9.03. The zero-order valence-corrected chi connectivity index (χ0v) is 15.5. The van der Waals surface area contributed by atoms with Gasteiger partial charge >= 0.3 is 0 Å². The summed E-state index contributed by atoms with van der Waals surface area (Å²) in [6, 6.07) is 16.9. The van der Waals surface area contributed by atoms with Gasteiger partial charge in [0.05, 0.1) is 11.2 Å². The van der Waals surface area contributed by atoms with Crippen LogP contribution in [0.1, 0.15) is 13.0 Å². The van der Waals surface area contributed by atoms with Crippen molar-refractivity contribution in [3.63, 3.8) is 0 Å². The van der Waals surface area contributed by atoms with Crippen molar-refractivity contribution in [3.05, 3.63) is 89.1 Å². The molecule has 1 atom stereocenters. The molecule has 0 saturated carbocycles. The number of nitrogens with one attached hydrogen (secondary N) is 1. The molecule has 6 nitrogen and oxygen atoms in total. The molecule has 0 radical (unpaired) electrons. The highest BCUT2D eigenvalue weighted by atomic mass is 19.1. The fourth-order valence-electron chi connectivity index (χ4n) is 2.99. The molecular formula is C22H17FN4O2. The highest BCUT2D eigenvalue weighted by Crippen LogP contribution is 2.19. The smallest absolute Gasteiger partial charge is 0.267 e. The van der Waals surface area contributed by atoms with Gasteiger partial charge in [0.25, 0.3) is 5.56 Å². The summed E-state index contributed by atoms with van der Waals surface area (Å²) in [4.78, 5) is 29.2. The van der Waals surface area contributed by atoms with Gasteiger partial charge in [-0.1, -0.05) is 6.07 Å². The standard InChI is InChI=1S/C22H17FN4O2/c1-14(22(29)25-18-8-9-19-16(13-18)3-2-12-24-19)27-21(28)11-10-20(26-27)15-4-6-17(23)7-5-15/h2-14H,1H3,(H,25,29). The predicted molar refractivity (Wildman–Crippen MR) is 109 cm³/mol. The van der Waals surface area contributed by atoms with E-state index in [9.17, 15) is 14.0 Å². The number of aromatic nitrogens is 3. The summed E-state index contributed by atoms with van der Waals surface area (Å²) in [6.45, 7) is 1.60. The lowest BCUT2D eigenvalue weighted by Crippen LogP contribution is -2.33. The number of carbonyl (C=O) groups excluding carboxylic acids is 1. The second kappa shape index (κ2) is 7.63. The van der Waals surface area contributed by atoms with Crippen LogP contribution in [0.2, 0.25) is 0 Å². The van der Waals surface area contributed by atoms with Crippen molar-refractivity contribution >= 4 is 22.5 Å². The molecule has 1 unspecified atom stereocenters. The van der Waals surface area contributed by atoms with Gasteiger partial charge in [0.2, 0.25) is 5.91 Å². The van der Waals surface area contributed by atoms with Gasteiger partial charge in [-0.15, -0.1) is 0 Å². The van der Waals surface area contributed by atoms with Crippen molar-refractivity contribution in [1.29, 1.82) is 0 Å². The van der Waals surface area contributed by atoms with E-state index in [1.54, 1.807) is 37.4 Å². The number of hydrogen-bond acceptors (Lipinski definition) is 4. The van der Waals surface area contributed by atoms with E-state index in [0.29, 0.717) is 16.9 Å². The van der Waals surface area contributed by atoms with Crippen molar-refractivity contribution in [1.82, 2.24) is 14.8 Å². The molecule has 0 fully saturated rings. The first-order valence-electron chi connectivity index (χ1n) is 9.03. The molecule has 1 amide bonds. The van der Waals surface area contributed by atoms with Crippen LogP contribution in [0.15, 0.2) is 77.7 Å². The maximum atomic E-state index is 13.2. The molecule has 2 aromatic carbocycles. The normalized spacial score (nSPS) is 11.9. The van der Waals surface area contributed by atoms with Crippen molar-refractivity contribution in [2.45, 2.75) is 13.0 Å². The molecule has 0 bridgehead atoms. The SMILES string of the molecule is CC(C(=O)Nc1ccc2ncccc2c1)n1nc(-c2ccc(F)cc2)ccc1=O. The molecule has 2 aromatic heterocycles. The number of nitrogens with zero attached hydrogens (tertiary/aromatic N) is 3. The Morgan fingerprint density at radius 3 is 2.66 bits per heavy atom. The van der Waals surface area contributed by atoms with Crippen LogP contribution in [0.25, 0.3) is 22.2 Å². The van der Waals surface area contributed by atoms with Gasteiger partial charge in [-0.05, 0) is 61.5 Å². The Morgan fingerprint density at radius 2 is 1.86 bits per heavy atom. The number of fused-ring (bicyclic) bond motifs is 1. The van der Waals surface area contributed by atoms with Crippen molar-refractivity contribution in [3.8, 4) is 11.3 Å². The van der Waals surface area contributed by atoms with Crippen LogP contribution < -0.4 is 10.9 Å². The first kappa shape index (κ1) is 18.5. The zero-order chi connectivity index (χ0) is 20.4. The van der Waals surface area contributed by atoms with Crippen LogP contribution in [0.4, 0.5) is 10.1 Å². The van der Waals surface area contributed by atoms with Crippen molar-refractivity contribution in [2.75, 3.05) is 5.32 Å². The summed E-state index contributed by atoms with van der Waals surface area (Å²) in [6.07, 6.45) is 1.70. The maximum absolute atomic E-state index is 13.2. The van der Waals surface area contributed by atoms with Crippen LogP contribution in [0, 0.1) is 5.82 Å². The van der Waals surface area contributed by atoms with E-state index in [1.165, 1.54) is 18.2 Å². The monoisotopic (exact) mass is 388 g/mol. The van der Waals surface area contributed by atoms with E-state index in [0.717, 1.165) is 15.6 Å². The summed E-state index contributed by atoms with van der Waals surface area (Å²) in [5, 5.41) is 8.00. The van der Waals surface area contributed by atoms with Gasteiger partial charge in [-0.25, -0.2) is 9.07 Å². The summed E-state index contributed by atoms with van der Waals surface area (Å²) < 4.78 is 14.3. The minimum Gasteiger partial charge on any atom is -0.324 e. The first-order chi connectivity index (χ1) is 14.0. The van der Waals surface area contributed by atoms with Crippen LogP contribution in [0.5, 0.6) is 0 Å². The molecule has 4 rings (SSSR count). The summed E-state index contributed by atoms with van der Waals surface area (Å²) in [7, 11) is 0. The molecule has 0 aliphatic rings. The van der Waals surface area contributed by atoms with E-state index in [-0.39, 0.29) is 11.7 Å². The van der Waals surface area contributed by atoms with Crippen LogP contribution in [-0.2, 0) is 4.79 Å². The molecule has 0 aliphatic carbocycles. The van der Waals surface area contributed by atoms with E-state index in [1.807, 2.05) is 24.3 Å². The number of anilines is 1. The third kappa shape index (κ3) is 3.89. The Morgan fingerprint density at radius 1 is 1.07 bits per heavy atom. The van der Waals surface area contributed by atoms with E-state index >= 15 is 0 Å². The van der Waals surface area contributed by atoms with Gasteiger partial charge in [-0.2, -0.15) is 5.10 Å². The van der Waals surface area contributed by atoms with Crippen LogP contribution >= 0.6 is 0 Å². The van der Waals surface area contributed by atoms with Gasteiger partial charge in [0.1, 0.15) is 11.9 Å². The second-order valence-electron chi connectivity index (χ2n) is 6.58. The fraction of sp³-hybridized carbons (Fsp3) is 0.0909. The summed E-state index contributed by atoms with van der Waals surface area (Å²) in [5.41, 5.74) is 2.14. The Hall–Kier alpha value is -3.87. The number of halogens is 1. The van der Waals surface area contributed by atoms with Crippen LogP contribution in [-0.4, -0.2) is 20.7 Å². The Kier molecular flexibility index (Phi) is 4.87. The average molecular weight is 388 g/mol. The predicted octanol–water partition coefficient (Wildman–Crippen LogP) is 3.80. The topological polar surface area (TPSA) is 76.9 Å². The highest BCUT2D eigenvalue weighted by molar-refractivity contribution is 5.95. The Labute approximate surface area is 165 Å². The number of carbonyl (C=O) groups is 1. The summed E-state index contributed by atoms with van der Waals surface area (Å²) >= 11 is 0. The van der Waals surface area contributed by atoms with Gasteiger partial charge in [0, 0.05) is 28.9 Å². The lowest BCUT2D eigenvalue weighted by molar-refractivity contribution is -0.119. The van der Waals surface area contributed by atoms with Gasteiger partial charge in [0.15, 0.2) is 0 Å². The van der Waals surface area contributed by atoms with Crippen molar-refractivity contribution < 1.29 is 9.18 Å². The third-order valence-electron chi connectivity index (χ3n) is 4.58. The number of benzene rings is 2. The molecule has 0 spiro atoms. The van der Waals surface area contributed by atoms with E-state index in [4.69, 9.17) is 0 Å².